The quantitative estimate of drug-likeness (QED) is 0.548. The smallest absolute Gasteiger partial charge is 0.417 e. The highest BCUT2D eigenvalue weighted by atomic mass is 32.2. The zero-order chi connectivity index (χ0) is 21.2. The van der Waals surface area contributed by atoms with Gasteiger partial charge in [0.15, 0.2) is 4.75 Å². The van der Waals surface area contributed by atoms with Crippen LogP contribution in [0.2, 0.25) is 0 Å². The van der Waals surface area contributed by atoms with Gasteiger partial charge in [-0.3, -0.25) is 9.10 Å². The molecule has 0 aromatic heterocycles. The topological polar surface area (TPSA) is 87.5 Å². The fourth-order valence-electron chi connectivity index (χ4n) is 4.96. The monoisotopic (exact) mass is 426 g/mol. The van der Waals surface area contributed by atoms with E-state index in [1.54, 1.807) is 13.0 Å². The molecule has 0 spiro atoms. The summed E-state index contributed by atoms with van der Waals surface area (Å²) < 4.78 is 71.4. The first-order valence-electron chi connectivity index (χ1n) is 9.08. The molecule has 2 aliphatic carbocycles. The van der Waals surface area contributed by atoms with Crippen molar-refractivity contribution in [2.45, 2.75) is 24.3 Å². The van der Waals surface area contributed by atoms with Gasteiger partial charge in [0.05, 0.1) is 29.5 Å². The Labute approximate surface area is 165 Å². The van der Waals surface area contributed by atoms with Gasteiger partial charge >= 0.3 is 12.1 Å². The van der Waals surface area contributed by atoms with Gasteiger partial charge in [0.25, 0.3) is 10.0 Å². The van der Waals surface area contributed by atoms with Crippen LogP contribution in [0, 0.1) is 29.1 Å². The summed E-state index contributed by atoms with van der Waals surface area (Å²) in [6.45, 7) is 1.46. The normalized spacial score (nSPS) is 31.6. The molecule has 3 aliphatic rings. The zero-order valence-electron chi connectivity index (χ0n) is 15.3. The lowest BCUT2D eigenvalue weighted by molar-refractivity contribution is -0.148. The highest BCUT2D eigenvalue weighted by Gasteiger charge is 2.74. The maximum atomic E-state index is 13.6. The van der Waals surface area contributed by atoms with Crippen molar-refractivity contribution >= 4 is 21.7 Å². The predicted octanol–water partition coefficient (Wildman–Crippen LogP) is 2.85. The fraction of sp³-hybridized carbons (Fsp3) is 0.474. The van der Waals surface area contributed by atoms with E-state index in [-0.39, 0.29) is 24.8 Å². The number of allylic oxidation sites excluding steroid dienone is 2. The molecule has 0 amide bonds. The number of hydrogen-bond donors (Lipinski definition) is 0. The third kappa shape index (κ3) is 2.46. The van der Waals surface area contributed by atoms with Gasteiger partial charge in [-0.2, -0.15) is 18.4 Å². The van der Waals surface area contributed by atoms with Crippen LogP contribution >= 0.6 is 0 Å². The number of alkyl halides is 3. The van der Waals surface area contributed by atoms with E-state index in [1.807, 2.05) is 6.08 Å². The number of rotatable bonds is 3. The largest absolute Gasteiger partial charge is 0.465 e. The average molecular weight is 426 g/mol. The molecule has 1 aliphatic heterocycles. The van der Waals surface area contributed by atoms with E-state index in [0.29, 0.717) is 12.5 Å². The number of hydrogen-bond acceptors (Lipinski definition) is 5. The molecule has 2 fully saturated rings. The lowest BCUT2D eigenvalue weighted by Gasteiger charge is -2.32. The van der Waals surface area contributed by atoms with Gasteiger partial charge in [0.2, 0.25) is 0 Å². The summed E-state index contributed by atoms with van der Waals surface area (Å²) in [6, 6.07) is 4.25. The number of benzene rings is 1. The number of carbonyl (C=O) groups excluding carboxylic acids is 1. The molecule has 0 unspecified atom stereocenters. The number of fused-ring (bicyclic) bond motifs is 5. The molecule has 4 rings (SSSR count). The van der Waals surface area contributed by atoms with Crippen molar-refractivity contribution in [1.82, 2.24) is 0 Å². The Hall–Kier alpha value is -2.54. The lowest BCUT2D eigenvalue weighted by Crippen LogP contribution is -2.54. The first kappa shape index (κ1) is 19.8. The van der Waals surface area contributed by atoms with Crippen molar-refractivity contribution in [3.63, 3.8) is 0 Å². The number of ether oxygens (including phenoxy) is 1. The fourth-order valence-corrected chi connectivity index (χ4v) is 7.54. The van der Waals surface area contributed by atoms with E-state index in [9.17, 15) is 26.4 Å². The summed E-state index contributed by atoms with van der Waals surface area (Å²) in [5, 5.41) is 8.97. The van der Waals surface area contributed by atoms with Gasteiger partial charge in [-0.1, -0.05) is 12.2 Å². The molecule has 1 saturated carbocycles. The summed E-state index contributed by atoms with van der Waals surface area (Å²) in [5.74, 6) is -2.20. The van der Waals surface area contributed by atoms with Gasteiger partial charge in [-0.15, -0.1) is 0 Å². The summed E-state index contributed by atoms with van der Waals surface area (Å²) >= 11 is 0. The molecule has 6 nitrogen and oxygen atoms in total. The Morgan fingerprint density at radius 3 is 2.72 bits per heavy atom. The average Bonchev–Trinajstić information content (AvgIpc) is 3.31. The van der Waals surface area contributed by atoms with E-state index >= 15 is 0 Å². The number of anilines is 1. The van der Waals surface area contributed by atoms with E-state index in [2.05, 4.69) is 0 Å². The van der Waals surface area contributed by atoms with Crippen molar-refractivity contribution in [1.29, 1.82) is 5.26 Å². The molecule has 10 heteroatoms. The molecule has 0 radical (unpaired) electrons. The summed E-state index contributed by atoms with van der Waals surface area (Å²) in [5.41, 5.74) is -2.02. The minimum Gasteiger partial charge on any atom is -0.465 e. The van der Waals surface area contributed by atoms with Crippen LogP contribution in [0.25, 0.3) is 0 Å². The molecule has 1 saturated heterocycles. The number of carbonyl (C=O) groups is 1. The molecule has 1 heterocycles. The second-order valence-corrected chi connectivity index (χ2v) is 9.45. The highest BCUT2D eigenvalue weighted by Crippen LogP contribution is 2.60. The molecule has 4 atom stereocenters. The minimum absolute atomic E-state index is 0.000980. The summed E-state index contributed by atoms with van der Waals surface area (Å²) in [4.78, 5) is 12.9. The summed E-state index contributed by atoms with van der Waals surface area (Å²) in [6.07, 6.45) is -0.762. The Balaban J connectivity index is 1.85. The third-order valence-electron chi connectivity index (χ3n) is 6.13. The molecule has 1 aromatic rings. The second-order valence-electron chi connectivity index (χ2n) is 7.39. The number of halogens is 3. The Bertz CT molecular complexity index is 1060. The Kier molecular flexibility index (Phi) is 4.24. The third-order valence-corrected chi connectivity index (χ3v) is 8.69. The van der Waals surface area contributed by atoms with Crippen LogP contribution in [0.15, 0.2) is 30.4 Å². The standard InChI is InChI=1S/C19H17F3N2O4S/c1-2-28-17(25)18-13-5-3-11(7-13)16(18)10-24(29(18,26)27)14-6-4-12(9-23)15(8-14)19(20,21)22/h3-6,8,11,13,16H,2,7,10H2,1H3/t11-,13+,16-,18+/m0/s1. The van der Waals surface area contributed by atoms with Crippen LogP contribution in [0.5, 0.6) is 0 Å². The van der Waals surface area contributed by atoms with E-state index in [4.69, 9.17) is 10.00 Å². The van der Waals surface area contributed by atoms with Crippen molar-refractivity contribution in [3.8, 4) is 6.07 Å². The molecule has 154 valence electrons. The predicted molar refractivity (Wildman–Crippen MR) is 96.0 cm³/mol. The minimum atomic E-state index is -4.82. The van der Waals surface area contributed by atoms with Gasteiger partial charge < -0.3 is 4.74 Å². The maximum Gasteiger partial charge on any atom is 0.417 e. The van der Waals surface area contributed by atoms with Gasteiger partial charge in [-0.25, -0.2) is 8.42 Å². The van der Waals surface area contributed by atoms with Crippen LogP contribution in [0.3, 0.4) is 0 Å². The van der Waals surface area contributed by atoms with Crippen LogP contribution in [-0.4, -0.2) is 32.3 Å². The Morgan fingerprint density at radius 1 is 1.38 bits per heavy atom. The van der Waals surface area contributed by atoms with E-state index < -0.39 is 49.9 Å². The summed E-state index contributed by atoms with van der Waals surface area (Å²) in [7, 11) is -4.36. The molecular formula is C19H17F3N2O4S. The SMILES string of the molecule is CCOC(=O)[C@@]12[C@@H]3C=C[C@@H](C3)[C@@H]1CN(c1ccc(C#N)c(C(F)(F)F)c1)S2(=O)=O. The van der Waals surface area contributed by atoms with Crippen molar-refractivity contribution < 1.29 is 31.1 Å². The molecule has 29 heavy (non-hydrogen) atoms. The van der Waals surface area contributed by atoms with Crippen molar-refractivity contribution in [3.05, 3.63) is 41.5 Å². The van der Waals surface area contributed by atoms with E-state index in [0.717, 1.165) is 10.4 Å². The van der Waals surface area contributed by atoms with E-state index in [1.165, 1.54) is 12.1 Å². The zero-order valence-corrected chi connectivity index (χ0v) is 16.1. The Morgan fingerprint density at radius 2 is 2.10 bits per heavy atom. The van der Waals surface area contributed by atoms with Gasteiger partial charge in [-0.05, 0) is 37.5 Å². The molecular weight excluding hydrogens is 409 g/mol. The number of nitriles is 1. The molecule has 0 N–H and O–H groups in total. The number of esters is 1. The lowest BCUT2D eigenvalue weighted by atomic mass is 9.82. The molecule has 2 bridgehead atoms. The van der Waals surface area contributed by atoms with Crippen molar-refractivity contribution in [2.75, 3.05) is 17.5 Å². The van der Waals surface area contributed by atoms with Crippen molar-refractivity contribution in [2.24, 2.45) is 17.8 Å². The first-order chi connectivity index (χ1) is 13.6. The van der Waals surface area contributed by atoms with Crippen LogP contribution < -0.4 is 4.31 Å². The van der Waals surface area contributed by atoms with Crippen LogP contribution in [0.4, 0.5) is 18.9 Å². The number of sulfonamides is 1. The van der Waals surface area contributed by atoms with Crippen LogP contribution in [-0.2, 0) is 25.7 Å². The number of nitrogens with zero attached hydrogens (tertiary/aromatic N) is 2. The van der Waals surface area contributed by atoms with Crippen LogP contribution in [0.1, 0.15) is 24.5 Å². The first-order valence-corrected chi connectivity index (χ1v) is 10.5. The second kappa shape index (κ2) is 6.23. The highest BCUT2D eigenvalue weighted by molar-refractivity contribution is 7.95. The maximum absolute atomic E-state index is 13.6. The van der Waals surface area contributed by atoms with Gasteiger partial charge in [0.1, 0.15) is 0 Å². The molecule has 1 aromatic carbocycles. The van der Waals surface area contributed by atoms with Gasteiger partial charge in [0, 0.05) is 18.4 Å².